The second kappa shape index (κ2) is 12.0. The third kappa shape index (κ3) is 7.72. The molecule has 0 spiro atoms. The van der Waals surface area contributed by atoms with E-state index >= 15 is 0 Å². The summed E-state index contributed by atoms with van der Waals surface area (Å²) < 4.78 is 1.95. The molecule has 1 aromatic heterocycles. The van der Waals surface area contributed by atoms with E-state index in [1.54, 1.807) is 0 Å². The molecule has 0 aliphatic heterocycles. The summed E-state index contributed by atoms with van der Waals surface area (Å²) in [5.74, 6) is 1.62. The molecule has 1 heterocycles. The van der Waals surface area contributed by atoms with Gasteiger partial charge in [-0.3, -0.25) is 9.67 Å². The normalized spacial score (nSPS) is 11.3. The van der Waals surface area contributed by atoms with Crippen molar-refractivity contribution in [2.45, 2.75) is 39.7 Å². The minimum atomic E-state index is 0. The zero-order chi connectivity index (χ0) is 13.9. The van der Waals surface area contributed by atoms with E-state index in [0.717, 1.165) is 37.9 Å². The van der Waals surface area contributed by atoms with Crippen molar-refractivity contribution in [3.8, 4) is 0 Å². The first kappa shape index (κ1) is 19.2. The summed E-state index contributed by atoms with van der Waals surface area (Å²) in [6.07, 6.45) is 7.25. The first-order chi connectivity index (χ1) is 9.30. The molecule has 0 aromatic carbocycles. The van der Waals surface area contributed by atoms with Crippen molar-refractivity contribution < 1.29 is 0 Å². The Balaban J connectivity index is 0.00000361. The minimum absolute atomic E-state index is 0. The van der Waals surface area contributed by atoms with Crippen LogP contribution in [-0.2, 0) is 6.54 Å². The maximum atomic E-state index is 4.24. The second-order valence-electron chi connectivity index (χ2n) is 4.69. The average molecular weight is 393 g/mol. The van der Waals surface area contributed by atoms with Crippen molar-refractivity contribution in [1.29, 1.82) is 0 Å². The van der Waals surface area contributed by atoms with E-state index in [4.69, 9.17) is 0 Å². The number of halogens is 1. The zero-order valence-electron chi connectivity index (χ0n) is 12.8. The lowest BCUT2D eigenvalue weighted by Gasteiger charge is -2.16. The molecule has 1 aromatic rings. The Labute approximate surface area is 139 Å². The topological polar surface area (TPSA) is 54.2 Å². The smallest absolute Gasteiger partial charge is 0.190 e. The van der Waals surface area contributed by atoms with Gasteiger partial charge in [0.25, 0.3) is 0 Å². The third-order valence-corrected chi connectivity index (χ3v) is 3.35. The number of aromatic nitrogens is 2. The van der Waals surface area contributed by atoms with Gasteiger partial charge in [-0.15, -0.1) is 24.0 Å². The lowest BCUT2D eigenvalue weighted by atomic mass is 10.0. The van der Waals surface area contributed by atoms with Crippen LogP contribution in [0.25, 0.3) is 0 Å². The maximum Gasteiger partial charge on any atom is 0.190 e. The molecule has 20 heavy (non-hydrogen) atoms. The standard InChI is InChI=1S/C14H27N5.HI/c1-4-13(5-2)12-17-14(15-3)16-8-6-10-19-11-7-9-18-19;/h7,9,11,13H,4-6,8,10,12H2,1-3H3,(H2,15,16,17);1H. The Morgan fingerprint density at radius 1 is 1.30 bits per heavy atom. The summed E-state index contributed by atoms with van der Waals surface area (Å²) in [7, 11) is 1.82. The van der Waals surface area contributed by atoms with E-state index < -0.39 is 0 Å². The van der Waals surface area contributed by atoms with Gasteiger partial charge in [-0.2, -0.15) is 5.10 Å². The van der Waals surface area contributed by atoms with E-state index in [0.29, 0.717) is 0 Å². The molecule has 0 aliphatic rings. The van der Waals surface area contributed by atoms with Gasteiger partial charge in [-0.25, -0.2) is 0 Å². The van der Waals surface area contributed by atoms with Gasteiger partial charge < -0.3 is 10.6 Å². The van der Waals surface area contributed by atoms with Crippen molar-refractivity contribution in [3.05, 3.63) is 18.5 Å². The number of nitrogens with zero attached hydrogens (tertiary/aromatic N) is 3. The van der Waals surface area contributed by atoms with E-state index in [1.165, 1.54) is 12.8 Å². The number of rotatable bonds is 8. The zero-order valence-corrected chi connectivity index (χ0v) is 15.1. The predicted octanol–water partition coefficient (Wildman–Crippen LogP) is 2.49. The molecule has 5 nitrogen and oxygen atoms in total. The summed E-state index contributed by atoms with van der Waals surface area (Å²) >= 11 is 0. The molecule has 0 bridgehead atoms. The monoisotopic (exact) mass is 393 g/mol. The lowest BCUT2D eigenvalue weighted by molar-refractivity contribution is 0.480. The van der Waals surface area contributed by atoms with Crippen LogP contribution in [-0.4, -0.2) is 35.9 Å². The van der Waals surface area contributed by atoms with Crippen LogP contribution in [0.2, 0.25) is 0 Å². The molecule has 6 heteroatoms. The molecule has 116 valence electrons. The largest absolute Gasteiger partial charge is 0.356 e. The first-order valence-corrected chi connectivity index (χ1v) is 7.22. The van der Waals surface area contributed by atoms with Gasteiger partial charge in [0, 0.05) is 39.1 Å². The molecule has 0 saturated carbocycles. The number of guanidine groups is 1. The summed E-state index contributed by atoms with van der Waals surface area (Å²) in [6, 6.07) is 1.95. The van der Waals surface area contributed by atoms with Gasteiger partial charge in [0.2, 0.25) is 0 Å². The van der Waals surface area contributed by atoms with Crippen LogP contribution in [0.4, 0.5) is 0 Å². The Morgan fingerprint density at radius 2 is 2.05 bits per heavy atom. The SMILES string of the molecule is CCC(CC)CNC(=NC)NCCCn1cccn1.I. The van der Waals surface area contributed by atoms with Crippen molar-refractivity contribution in [2.75, 3.05) is 20.1 Å². The van der Waals surface area contributed by atoms with Crippen LogP contribution in [0.5, 0.6) is 0 Å². The highest BCUT2D eigenvalue weighted by molar-refractivity contribution is 14.0. The van der Waals surface area contributed by atoms with Gasteiger partial charge in [0.05, 0.1) is 0 Å². The number of nitrogens with one attached hydrogen (secondary N) is 2. The predicted molar refractivity (Wildman–Crippen MR) is 95.7 cm³/mol. The molecule has 0 radical (unpaired) electrons. The Hall–Kier alpha value is -0.790. The van der Waals surface area contributed by atoms with E-state index in [9.17, 15) is 0 Å². The van der Waals surface area contributed by atoms with Crippen molar-refractivity contribution in [2.24, 2.45) is 10.9 Å². The molecule has 0 aliphatic carbocycles. The summed E-state index contributed by atoms with van der Waals surface area (Å²) in [4.78, 5) is 4.24. The third-order valence-electron chi connectivity index (χ3n) is 3.35. The number of hydrogen-bond acceptors (Lipinski definition) is 2. The summed E-state index contributed by atoms with van der Waals surface area (Å²) in [5, 5.41) is 10.9. The molecule has 0 unspecified atom stereocenters. The van der Waals surface area contributed by atoms with Crippen LogP contribution < -0.4 is 10.6 Å². The van der Waals surface area contributed by atoms with Crippen molar-refractivity contribution in [1.82, 2.24) is 20.4 Å². The molecule has 0 atom stereocenters. The fourth-order valence-corrected chi connectivity index (χ4v) is 1.92. The Bertz CT molecular complexity index is 346. The van der Waals surface area contributed by atoms with Crippen LogP contribution in [0.15, 0.2) is 23.5 Å². The van der Waals surface area contributed by atoms with Gasteiger partial charge in [-0.05, 0) is 18.4 Å². The quantitative estimate of drug-likeness (QED) is 0.309. The van der Waals surface area contributed by atoms with E-state index in [2.05, 4.69) is 34.6 Å². The van der Waals surface area contributed by atoms with Crippen LogP contribution in [0.3, 0.4) is 0 Å². The van der Waals surface area contributed by atoms with Crippen molar-refractivity contribution >= 4 is 29.9 Å². The Kier molecular flexibility index (Phi) is 11.5. The van der Waals surface area contributed by atoms with Crippen molar-refractivity contribution in [3.63, 3.8) is 0 Å². The summed E-state index contributed by atoms with van der Waals surface area (Å²) in [5.41, 5.74) is 0. The highest BCUT2D eigenvalue weighted by Crippen LogP contribution is 2.04. The van der Waals surface area contributed by atoms with Gasteiger partial charge >= 0.3 is 0 Å². The van der Waals surface area contributed by atoms with E-state index in [-0.39, 0.29) is 24.0 Å². The Morgan fingerprint density at radius 3 is 2.60 bits per heavy atom. The molecule has 0 fully saturated rings. The van der Waals surface area contributed by atoms with Crippen LogP contribution in [0, 0.1) is 5.92 Å². The number of hydrogen-bond donors (Lipinski definition) is 2. The molecule has 0 amide bonds. The van der Waals surface area contributed by atoms with E-state index in [1.807, 2.05) is 30.2 Å². The highest BCUT2D eigenvalue weighted by atomic mass is 127. The number of aryl methyl sites for hydroxylation is 1. The van der Waals surface area contributed by atoms with Gasteiger partial charge in [-0.1, -0.05) is 26.7 Å². The molecule has 2 N–H and O–H groups in total. The molecular formula is C14H28IN5. The molecule has 1 rings (SSSR count). The van der Waals surface area contributed by atoms with Crippen LogP contribution >= 0.6 is 24.0 Å². The van der Waals surface area contributed by atoms with Crippen LogP contribution in [0.1, 0.15) is 33.1 Å². The van der Waals surface area contributed by atoms with Gasteiger partial charge in [0.1, 0.15) is 0 Å². The lowest BCUT2D eigenvalue weighted by Crippen LogP contribution is -2.40. The highest BCUT2D eigenvalue weighted by Gasteiger charge is 2.04. The minimum Gasteiger partial charge on any atom is -0.356 e. The fraction of sp³-hybridized carbons (Fsp3) is 0.714. The molecule has 0 saturated heterocycles. The maximum absolute atomic E-state index is 4.24. The van der Waals surface area contributed by atoms with Gasteiger partial charge in [0.15, 0.2) is 5.96 Å². The average Bonchev–Trinajstić information content (AvgIpc) is 2.95. The number of aliphatic imine (C=N–C) groups is 1. The summed E-state index contributed by atoms with van der Waals surface area (Å²) in [6.45, 7) is 7.30. The first-order valence-electron chi connectivity index (χ1n) is 7.22. The molecular weight excluding hydrogens is 365 g/mol. The fourth-order valence-electron chi connectivity index (χ4n) is 1.92. The second-order valence-corrected chi connectivity index (χ2v) is 4.69.